The van der Waals surface area contributed by atoms with Gasteiger partial charge in [0.25, 0.3) is 0 Å². The molecule has 0 radical (unpaired) electrons. The largest absolute Gasteiger partial charge is 0.381 e. The topological polar surface area (TPSA) is 21.3 Å². The molecule has 0 saturated heterocycles. The maximum Gasteiger partial charge on any atom is 0.0713 e. The Kier molecular flexibility index (Phi) is 5.03. The van der Waals surface area contributed by atoms with Crippen molar-refractivity contribution in [1.29, 1.82) is 0 Å². The second-order valence-corrected chi connectivity index (χ2v) is 6.43. The summed E-state index contributed by atoms with van der Waals surface area (Å²) in [4.78, 5) is 0. The predicted octanol–water partition coefficient (Wildman–Crippen LogP) is 4.74. The van der Waals surface area contributed by atoms with Gasteiger partial charge in [0, 0.05) is 19.3 Å². The Bertz CT molecular complexity index is 567. The van der Waals surface area contributed by atoms with Crippen LogP contribution in [0, 0.1) is 0 Å². The van der Waals surface area contributed by atoms with Crippen molar-refractivity contribution >= 4 is 5.69 Å². The second kappa shape index (κ2) is 6.77. The monoisotopic (exact) mass is 283 g/mol. The lowest BCUT2D eigenvalue weighted by atomic mass is 9.87. The van der Waals surface area contributed by atoms with Crippen molar-refractivity contribution in [2.75, 3.05) is 12.4 Å². The average Bonchev–Trinajstić information content (AvgIpc) is 2.45. The van der Waals surface area contributed by atoms with E-state index in [0.717, 1.165) is 12.2 Å². The quantitative estimate of drug-likeness (QED) is 0.855. The van der Waals surface area contributed by atoms with Crippen molar-refractivity contribution in [2.45, 2.75) is 39.3 Å². The Morgan fingerprint density at radius 1 is 0.952 bits per heavy atom. The van der Waals surface area contributed by atoms with Crippen LogP contribution in [-0.4, -0.2) is 7.11 Å². The summed E-state index contributed by atoms with van der Waals surface area (Å²) in [6, 6.07) is 17.2. The highest BCUT2D eigenvalue weighted by Crippen LogP contribution is 2.22. The summed E-state index contributed by atoms with van der Waals surface area (Å²) in [7, 11) is 1.72. The highest BCUT2D eigenvalue weighted by Gasteiger charge is 2.12. The lowest BCUT2D eigenvalue weighted by Crippen LogP contribution is -2.11. The third-order valence-corrected chi connectivity index (χ3v) is 3.55. The fraction of sp³-hybridized carbons (Fsp3) is 0.368. The maximum atomic E-state index is 5.16. The highest BCUT2D eigenvalue weighted by molar-refractivity contribution is 5.46. The molecular weight excluding hydrogens is 258 g/mol. The fourth-order valence-electron chi connectivity index (χ4n) is 2.26. The molecule has 0 aromatic heterocycles. The van der Waals surface area contributed by atoms with Gasteiger partial charge in [-0.15, -0.1) is 0 Å². The summed E-state index contributed by atoms with van der Waals surface area (Å²) in [5.41, 5.74) is 5.18. The molecular formula is C19H25NO. The lowest BCUT2D eigenvalue weighted by molar-refractivity contribution is 0.185. The Morgan fingerprint density at radius 2 is 1.67 bits per heavy atom. The molecule has 0 atom stereocenters. The lowest BCUT2D eigenvalue weighted by Gasteiger charge is -2.19. The zero-order valence-corrected chi connectivity index (χ0v) is 13.4. The Labute approximate surface area is 128 Å². The molecule has 112 valence electrons. The fourth-order valence-corrected chi connectivity index (χ4v) is 2.26. The first-order valence-corrected chi connectivity index (χ1v) is 7.40. The number of benzene rings is 2. The van der Waals surface area contributed by atoms with Crippen LogP contribution in [0.5, 0.6) is 0 Å². The normalized spacial score (nSPS) is 11.4. The van der Waals surface area contributed by atoms with Gasteiger partial charge in [-0.3, -0.25) is 0 Å². The number of hydrogen-bond acceptors (Lipinski definition) is 2. The number of hydrogen-bond donors (Lipinski definition) is 1. The van der Waals surface area contributed by atoms with E-state index in [1.165, 1.54) is 16.7 Å². The second-order valence-electron chi connectivity index (χ2n) is 6.43. The SMILES string of the molecule is COCc1cccc(NCc2ccc(C(C)(C)C)cc2)c1. The summed E-state index contributed by atoms with van der Waals surface area (Å²) in [5.74, 6) is 0. The first-order valence-electron chi connectivity index (χ1n) is 7.40. The minimum atomic E-state index is 0.209. The number of methoxy groups -OCH3 is 1. The van der Waals surface area contributed by atoms with Gasteiger partial charge >= 0.3 is 0 Å². The summed E-state index contributed by atoms with van der Waals surface area (Å²) < 4.78 is 5.16. The van der Waals surface area contributed by atoms with Gasteiger partial charge in [-0.1, -0.05) is 57.2 Å². The van der Waals surface area contributed by atoms with Crippen LogP contribution in [0.15, 0.2) is 48.5 Å². The molecule has 0 bridgehead atoms. The van der Waals surface area contributed by atoms with E-state index in [4.69, 9.17) is 4.74 Å². The van der Waals surface area contributed by atoms with E-state index in [1.807, 2.05) is 0 Å². The molecule has 0 amide bonds. The van der Waals surface area contributed by atoms with Gasteiger partial charge in [0.1, 0.15) is 0 Å². The van der Waals surface area contributed by atoms with Crippen molar-refractivity contribution in [3.05, 3.63) is 65.2 Å². The van der Waals surface area contributed by atoms with E-state index in [1.54, 1.807) is 7.11 Å². The third-order valence-electron chi connectivity index (χ3n) is 3.55. The van der Waals surface area contributed by atoms with Gasteiger partial charge in [0.05, 0.1) is 6.61 Å². The van der Waals surface area contributed by atoms with E-state index in [0.29, 0.717) is 6.61 Å². The van der Waals surface area contributed by atoms with Gasteiger partial charge in [0.15, 0.2) is 0 Å². The first-order chi connectivity index (χ1) is 9.99. The van der Waals surface area contributed by atoms with Crippen molar-refractivity contribution < 1.29 is 4.74 Å². The Hall–Kier alpha value is -1.80. The van der Waals surface area contributed by atoms with Crippen LogP contribution in [0.25, 0.3) is 0 Å². The van der Waals surface area contributed by atoms with E-state index in [9.17, 15) is 0 Å². The third kappa shape index (κ3) is 4.61. The molecule has 2 heteroatoms. The van der Waals surface area contributed by atoms with Crippen molar-refractivity contribution in [3.63, 3.8) is 0 Å². The van der Waals surface area contributed by atoms with Crippen LogP contribution < -0.4 is 5.32 Å². The molecule has 0 fully saturated rings. The Morgan fingerprint density at radius 3 is 2.29 bits per heavy atom. The molecule has 0 saturated carbocycles. The van der Waals surface area contributed by atoms with Gasteiger partial charge < -0.3 is 10.1 Å². The number of anilines is 1. The minimum absolute atomic E-state index is 0.209. The molecule has 21 heavy (non-hydrogen) atoms. The highest BCUT2D eigenvalue weighted by atomic mass is 16.5. The molecule has 2 nitrogen and oxygen atoms in total. The van der Waals surface area contributed by atoms with Crippen molar-refractivity contribution in [3.8, 4) is 0 Å². The van der Waals surface area contributed by atoms with Crippen LogP contribution in [-0.2, 0) is 23.3 Å². The first kappa shape index (κ1) is 15.6. The molecule has 2 aromatic carbocycles. The van der Waals surface area contributed by atoms with Gasteiger partial charge in [0.2, 0.25) is 0 Å². The van der Waals surface area contributed by atoms with Gasteiger partial charge in [-0.2, -0.15) is 0 Å². The average molecular weight is 283 g/mol. The summed E-state index contributed by atoms with van der Waals surface area (Å²) in [6.07, 6.45) is 0. The molecule has 0 heterocycles. The van der Waals surface area contributed by atoms with Crippen LogP contribution in [0.4, 0.5) is 5.69 Å². The molecule has 2 aromatic rings. The molecule has 0 aliphatic heterocycles. The van der Waals surface area contributed by atoms with Crippen molar-refractivity contribution in [1.82, 2.24) is 0 Å². The van der Waals surface area contributed by atoms with Crippen LogP contribution >= 0.6 is 0 Å². The Balaban J connectivity index is 1.98. The van der Waals surface area contributed by atoms with E-state index in [2.05, 4.69) is 74.6 Å². The summed E-state index contributed by atoms with van der Waals surface area (Å²) in [6.45, 7) is 8.20. The van der Waals surface area contributed by atoms with E-state index < -0.39 is 0 Å². The molecule has 0 spiro atoms. The standard InChI is InChI=1S/C19H25NO/c1-19(2,3)17-10-8-15(9-11-17)13-20-18-7-5-6-16(12-18)14-21-4/h5-12,20H,13-14H2,1-4H3. The van der Waals surface area contributed by atoms with E-state index >= 15 is 0 Å². The molecule has 0 aliphatic carbocycles. The zero-order valence-electron chi connectivity index (χ0n) is 13.4. The van der Waals surface area contributed by atoms with Crippen LogP contribution in [0.3, 0.4) is 0 Å². The van der Waals surface area contributed by atoms with E-state index in [-0.39, 0.29) is 5.41 Å². The van der Waals surface area contributed by atoms with Crippen molar-refractivity contribution in [2.24, 2.45) is 0 Å². The predicted molar refractivity (Wildman–Crippen MR) is 89.6 cm³/mol. The zero-order chi connectivity index (χ0) is 15.3. The van der Waals surface area contributed by atoms with Gasteiger partial charge in [-0.25, -0.2) is 0 Å². The number of rotatable bonds is 5. The molecule has 2 rings (SSSR count). The minimum Gasteiger partial charge on any atom is -0.381 e. The maximum absolute atomic E-state index is 5.16. The van der Waals surface area contributed by atoms with Gasteiger partial charge in [-0.05, 0) is 34.2 Å². The van der Waals surface area contributed by atoms with Crippen LogP contribution in [0.2, 0.25) is 0 Å². The van der Waals surface area contributed by atoms with Crippen LogP contribution in [0.1, 0.15) is 37.5 Å². The summed E-state index contributed by atoms with van der Waals surface area (Å²) >= 11 is 0. The molecule has 0 aliphatic rings. The number of nitrogens with one attached hydrogen (secondary N) is 1. The molecule has 0 unspecified atom stereocenters. The summed E-state index contributed by atoms with van der Waals surface area (Å²) in [5, 5.41) is 3.46. The smallest absolute Gasteiger partial charge is 0.0713 e. The molecule has 1 N–H and O–H groups in total. The number of ether oxygens (including phenoxy) is 1.